The van der Waals surface area contributed by atoms with Gasteiger partial charge in [-0.05, 0) is 37.6 Å². The van der Waals surface area contributed by atoms with Crippen molar-refractivity contribution < 1.29 is 0 Å². The highest BCUT2D eigenvalue weighted by atomic mass is 15.1. The number of piperidine rings is 1. The van der Waals surface area contributed by atoms with Crippen LogP contribution >= 0.6 is 0 Å². The molecule has 3 heteroatoms. The second kappa shape index (κ2) is 4.91. The van der Waals surface area contributed by atoms with Gasteiger partial charge >= 0.3 is 0 Å². The molecule has 0 atom stereocenters. The molecule has 0 saturated carbocycles. The van der Waals surface area contributed by atoms with E-state index in [1.54, 1.807) is 0 Å². The van der Waals surface area contributed by atoms with Gasteiger partial charge < -0.3 is 4.98 Å². The summed E-state index contributed by atoms with van der Waals surface area (Å²) >= 11 is 0. The monoisotopic (exact) mass is 265 g/mol. The zero-order valence-corrected chi connectivity index (χ0v) is 11.6. The van der Waals surface area contributed by atoms with Gasteiger partial charge in [0.25, 0.3) is 0 Å². The van der Waals surface area contributed by atoms with Crippen molar-refractivity contribution in [2.24, 2.45) is 0 Å². The van der Waals surface area contributed by atoms with Crippen molar-refractivity contribution in [1.29, 1.82) is 0 Å². The van der Waals surface area contributed by atoms with Gasteiger partial charge in [0.15, 0.2) is 0 Å². The Kier molecular flexibility index (Phi) is 2.92. The van der Waals surface area contributed by atoms with Crippen LogP contribution in [0.2, 0.25) is 0 Å². The fraction of sp³-hybridized carbons (Fsp3) is 0.353. The summed E-state index contributed by atoms with van der Waals surface area (Å²) in [5, 5.41) is 3.82. The maximum absolute atomic E-state index is 4.20. The zero-order valence-electron chi connectivity index (χ0n) is 11.6. The molecule has 1 aromatic carbocycles. The summed E-state index contributed by atoms with van der Waals surface area (Å²) in [5.41, 5.74) is 2.66. The number of pyridine rings is 1. The van der Waals surface area contributed by atoms with Crippen molar-refractivity contribution in [3.8, 4) is 0 Å². The molecule has 0 aliphatic carbocycles. The summed E-state index contributed by atoms with van der Waals surface area (Å²) in [4.78, 5) is 10.2. The van der Waals surface area contributed by atoms with Gasteiger partial charge in [0.2, 0.25) is 0 Å². The summed E-state index contributed by atoms with van der Waals surface area (Å²) < 4.78 is 0. The third kappa shape index (κ3) is 1.98. The topological polar surface area (TPSA) is 31.9 Å². The number of likely N-dealkylation sites (tertiary alicyclic amines) is 1. The van der Waals surface area contributed by atoms with E-state index in [0.29, 0.717) is 0 Å². The molecule has 3 aromatic rings. The Labute approximate surface area is 118 Å². The normalized spacial score (nSPS) is 17.0. The number of rotatable bonds is 2. The van der Waals surface area contributed by atoms with Gasteiger partial charge in [-0.15, -0.1) is 0 Å². The van der Waals surface area contributed by atoms with E-state index < -0.39 is 0 Å². The van der Waals surface area contributed by atoms with E-state index in [-0.39, 0.29) is 0 Å². The zero-order chi connectivity index (χ0) is 13.4. The molecule has 1 N–H and O–H groups in total. The van der Waals surface area contributed by atoms with Crippen LogP contribution in [-0.4, -0.2) is 28.0 Å². The molecule has 0 amide bonds. The Morgan fingerprint density at radius 1 is 1.05 bits per heavy atom. The molecule has 0 bridgehead atoms. The highest BCUT2D eigenvalue weighted by molar-refractivity contribution is 6.06. The number of H-pyrrole nitrogens is 1. The van der Waals surface area contributed by atoms with Gasteiger partial charge in [0, 0.05) is 41.3 Å². The lowest BCUT2D eigenvalue weighted by Crippen LogP contribution is -2.28. The molecule has 1 aliphatic rings. The number of fused-ring (bicyclic) bond motifs is 3. The number of aromatic amines is 1. The van der Waals surface area contributed by atoms with E-state index in [1.807, 2.05) is 12.4 Å². The average Bonchev–Trinajstić information content (AvgIpc) is 2.92. The van der Waals surface area contributed by atoms with E-state index in [9.17, 15) is 0 Å². The molecule has 20 heavy (non-hydrogen) atoms. The standard InChI is InChI=1S/C17H19N3/c1-2-8-20(9-3-1)12-14-11-19-17-15(14)5-4-13-10-18-7-6-16(13)17/h4-7,10-11,19H,1-3,8-9,12H2. The summed E-state index contributed by atoms with van der Waals surface area (Å²) in [5.74, 6) is 0. The molecule has 2 aromatic heterocycles. The van der Waals surface area contributed by atoms with Crippen LogP contribution in [0.25, 0.3) is 21.7 Å². The van der Waals surface area contributed by atoms with Crippen LogP contribution in [-0.2, 0) is 6.54 Å². The fourth-order valence-electron chi connectivity index (χ4n) is 3.32. The van der Waals surface area contributed by atoms with Crippen LogP contribution in [0.4, 0.5) is 0 Å². The largest absolute Gasteiger partial charge is 0.360 e. The van der Waals surface area contributed by atoms with Crippen molar-refractivity contribution in [3.63, 3.8) is 0 Å². The minimum Gasteiger partial charge on any atom is -0.360 e. The summed E-state index contributed by atoms with van der Waals surface area (Å²) in [6, 6.07) is 6.51. The average molecular weight is 265 g/mol. The number of hydrogen-bond donors (Lipinski definition) is 1. The molecule has 0 radical (unpaired) electrons. The minimum atomic E-state index is 1.07. The first kappa shape index (κ1) is 11.9. The Hall–Kier alpha value is -1.87. The molecule has 3 nitrogen and oxygen atoms in total. The Morgan fingerprint density at radius 3 is 2.85 bits per heavy atom. The smallest absolute Gasteiger partial charge is 0.0538 e. The van der Waals surface area contributed by atoms with Crippen molar-refractivity contribution in [2.75, 3.05) is 13.1 Å². The van der Waals surface area contributed by atoms with Crippen molar-refractivity contribution >= 4 is 21.7 Å². The first-order chi connectivity index (χ1) is 9.92. The third-order valence-electron chi connectivity index (χ3n) is 4.40. The number of nitrogens with zero attached hydrogens (tertiary/aromatic N) is 2. The van der Waals surface area contributed by atoms with Crippen molar-refractivity contribution in [2.45, 2.75) is 25.8 Å². The summed E-state index contributed by atoms with van der Waals surface area (Å²) in [6.45, 7) is 3.55. The lowest BCUT2D eigenvalue weighted by Gasteiger charge is -2.26. The van der Waals surface area contributed by atoms with Gasteiger partial charge in [-0.25, -0.2) is 0 Å². The Balaban J connectivity index is 1.75. The van der Waals surface area contributed by atoms with Gasteiger partial charge in [0.05, 0.1) is 5.52 Å². The molecular weight excluding hydrogens is 246 g/mol. The second-order valence-corrected chi connectivity index (χ2v) is 5.74. The Bertz CT molecular complexity index is 738. The van der Waals surface area contributed by atoms with Gasteiger partial charge in [-0.2, -0.15) is 0 Å². The van der Waals surface area contributed by atoms with Crippen LogP contribution in [0.5, 0.6) is 0 Å². The van der Waals surface area contributed by atoms with E-state index in [2.05, 4.69) is 39.3 Å². The number of benzene rings is 1. The van der Waals surface area contributed by atoms with Crippen molar-refractivity contribution in [3.05, 3.63) is 42.4 Å². The van der Waals surface area contributed by atoms with Crippen LogP contribution in [0, 0.1) is 0 Å². The molecule has 0 spiro atoms. The first-order valence-electron chi connectivity index (χ1n) is 7.47. The highest BCUT2D eigenvalue weighted by Gasteiger charge is 2.13. The second-order valence-electron chi connectivity index (χ2n) is 5.74. The number of nitrogens with one attached hydrogen (secondary N) is 1. The van der Waals surface area contributed by atoms with Crippen LogP contribution in [0.15, 0.2) is 36.8 Å². The SMILES string of the molecule is c1cc2c(ccc3c(CN4CCCCC4)c[nH]c32)cn1. The lowest BCUT2D eigenvalue weighted by atomic mass is 10.1. The van der Waals surface area contributed by atoms with Gasteiger partial charge in [0.1, 0.15) is 0 Å². The van der Waals surface area contributed by atoms with E-state index in [1.165, 1.54) is 59.6 Å². The minimum absolute atomic E-state index is 1.07. The predicted octanol–water partition coefficient (Wildman–Crippen LogP) is 3.70. The number of aromatic nitrogens is 2. The number of hydrogen-bond acceptors (Lipinski definition) is 2. The van der Waals surface area contributed by atoms with Gasteiger partial charge in [-0.3, -0.25) is 9.88 Å². The molecular formula is C17H19N3. The molecule has 1 saturated heterocycles. The Morgan fingerprint density at radius 2 is 1.95 bits per heavy atom. The molecule has 4 rings (SSSR count). The van der Waals surface area contributed by atoms with Crippen LogP contribution in [0.3, 0.4) is 0 Å². The predicted molar refractivity (Wildman–Crippen MR) is 82.7 cm³/mol. The van der Waals surface area contributed by atoms with E-state index in [4.69, 9.17) is 0 Å². The fourth-order valence-corrected chi connectivity index (χ4v) is 3.32. The molecule has 1 fully saturated rings. The van der Waals surface area contributed by atoms with Crippen LogP contribution in [0.1, 0.15) is 24.8 Å². The third-order valence-corrected chi connectivity index (χ3v) is 4.40. The summed E-state index contributed by atoms with van der Waals surface area (Å²) in [6.07, 6.45) is 10.1. The van der Waals surface area contributed by atoms with E-state index >= 15 is 0 Å². The highest BCUT2D eigenvalue weighted by Crippen LogP contribution is 2.27. The summed E-state index contributed by atoms with van der Waals surface area (Å²) in [7, 11) is 0. The van der Waals surface area contributed by atoms with Crippen LogP contribution < -0.4 is 0 Å². The molecule has 0 unspecified atom stereocenters. The molecule has 3 heterocycles. The lowest BCUT2D eigenvalue weighted by molar-refractivity contribution is 0.221. The first-order valence-corrected chi connectivity index (χ1v) is 7.47. The van der Waals surface area contributed by atoms with Gasteiger partial charge in [-0.1, -0.05) is 18.6 Å². The molecule has 1 aliphatic heterocycles. The maximum atomic E-state index is 4.20. The molecule has 102 valence electrons. The van der Waals surface area contributed by atoms with Crippen molar-refractivity contribution in [1.82, 2.24) is 14.9 Å². The maximum Gasteiger partial charge on any atom is 0.0538 e. The quantitative estimate of drug-likeness (QED) is 0.766. The van der Waals surface area contributed by atoms with E-state index in [0.717, 1.165) is 6.54 Å².